The topological polar surface area (TPSA) is 77.8 Å². The maximum Gasteiger partial charge on any atom is 0.256 e. The van der Waals surface area contributed by atoms with Crippen molar-refractivity contribution in [2.75, 3.05) is 25.1 Å². The highest BCUT2D eigenvalue weighted by Gasteiger charge is 2.22. The van der Waals surface area contributed by atoms with Crippen molar-refractivity contribution in [3.63, 3.8) is 0 Å². The number of aromatic nitrogens is 5. The van der Waals surface area contributed by atoms with Crippen LogP contribution in [0.1, 0.15) is 13.3 Å². The molecule has 0 bridgehead atoms. The van der Waals surface area contributed by atoms with Gasteiger partial charge < -0.3 is 10.1 Å². The number of hydrogen-bond acceptors (Lipinski definition) is 7. The Balaban J connectivity index is 1.85. The molecule has 20 heavy (non-hydrogen) atoms. The van der Waals surface area contributed by atoms with E-state index in [1.165, 1.54) is 0 Å². The lowest BCUT2D eigenvalue weighted by Gasteiger charge is -2.24. The molecule has 0 unspecified atom stereocenters. The van der Waals surface area contributed by atoms with Gasteiger partial charge in [-0.1, -0.05) is 18.7 Å². The minimum Gasteiger partial charge on any atom is -0.379 e. The molecule has 0 radical (unpaired) electrons. The molecular weight excluding hydrogens is 276 g/mol. The van der Waals surface area contributed by atoms with Crippen LogP contribution in [-0.4, -0.2) is 49.7 Å². The first kappa shape index (κ1) is 13.3. The van der Waals surface area contributed by atoms with Gasteiger partial charge in [-0.05, 0) is 12.5 Å². The molecule has 2 aromatic rings. The van der Waals surface area contributed by atoms with Gasteiger partial charge in [-0.2, -0.15) is 20.1 Å². The average molecular weight is 292 g/mol. The minimum atomic E-state index is 0.432. The summed E-state index contributed by atoms with van der Waals surface area (Å²) in [6.45, 7) is 4.44. The van der Waals surface area contributed by atoms with Gasteiger partial charge in [-0.25, -0.2) is 4.68 Å². The largest absolute Gasteiger partial charge is 0.379 e. The molecule has 0 atom stereocenters. The van der Waals surface area contributed by atoms with E-state index in [2.05, 4.69) is 32.3 Å². The zero-order valence-electron chi connectivity index (χ0n) is 11.2. The molecule has 0 saturated carbocycles. The molecule has 1 fully saturated rings. The third-order valence-corrected chi connectivity index (χ3v) is 3.72. The summed E-state index contributed by atoms with van der Waals surface area (Å²) in [7, 11) is 0. The molecule has 7 nitrogen and oxygen atoms in total. The fourth-order valence-electron chi connectivity index (χ4n) is 1.64. The number of thioether (sulfide) groups is 1. The van der Waals surface area contributed by atoms with E-state index in [0.29, 0.717) is 22.3 Å². The zero-order valence-corrected chi connectivity index (χ0v) is 12.0. The van der Waals surface area contributed by atoms with E-state index < -0.39 is 0 Å². The summed E-state index contributed by atoms with van der Waals surface area (Å²) in [5.74, 6) is 1.13. The van der Waals surface area contributed by atoms with Crippen LogP contribution in [0, 0.1) is 0 Å². The van der Waals surface area contributed by atoms with Crippen molar-refractivity contribution in [1.82, 2.24) is 24.7 Å². The normalized spacial score (nSPS) is 15.1. The molecule has 0 aliphatic carbocycles. The van der Waals surface area contributed by atoms with E-state index in [1.807, 2.05) is 12.3 Å². The number of hydrogen-bond donors (Lipinski definition) is 1. The van der Waals surface area contributed by atoms with E-state index in [-0.39, 0.29) is 0 Å². The van der Waals surface area contributed by atoms with E-state index in [4.69, 9.17) is 4.74 Å². The molecule has 0 spiro atoms. The van der Waals surface area contributed by atoms with Crippen molar-refractivity contribution in [2.24, 2.45) is 0 Å². The predicted octanol–water partition coefficient (Wildman–Crippen LogP) is 1.37. The standard InChI is InChI=1S/C12H16N6OS/c1-2-4-13-10-15-11(18-6-3-5-14-18)17-12(16-10)20-9-7-19-8-9/h3,5-6,9H,2,4,7-8H2,1H3,(H,13,15,16,17). The molecule has 106 valence electrons. The molecule has 2 aromatic heterocycles. The van der Waals surface area contributed by atoms with Gasteiger partial charge >= 0.3 is 0 Å². The van der Waals surface area contributed by atoms with Crippen LogP contribution in [0.15, 0.2) is 23.6 Å². The van der Waals surface area contributed by atoms with Gasteiger partial charge in [-0.15, -0.1) is 0 Å². The second-order valence-electron chi connectivity index (χ2n) is 4.40. The predicted molar refractivity (Wildman–Crippen MR) is 76.2 cm³/mol. The van der Waals surface area contributed by atoms with E-state index in [1.54, 1.807) is 22.6 Å². The Morgan fingerprint density at radius 1 is 1.40 bits per heavy atom. The van der Waals surface area contributed by atoms with Gasteiger partial charge in [0.1, 0.15) is 0 Å². The van der Waals surface area contributed by atoms with E-state index in [9.17, 15) is 0 Å². The Kier molecular flexibility index (Phi) is 4.12. The molecule has 0 aromatic carbocycles. The highest BCUT2D eigenvalue weighted by atomic mass is 32.2. The minimum absolute atomic E-state index is 0.432. The van der Waals surface area contributed by atoms with Gasteiger partial charge in [0.05, 0.1) is 18.5 Å². The second-order valence-corrected chi connectivity index (χ2v) is 5.66. The number of ether oxygens (including phenoxy) is 1. The van der Waals surface area contributed by atoms with Crippen molar-refractivity contribution < 1.29 is 4.74 Å². The fourth-order valence-corrected chi connectivity index (χ4v) is 2.54. The highest BCUT2D eigenvalue weighted by molar-refractivity contribution is 7.99. The van der Waals surface area contributed by atoms with Crippen LogP contribution >= 0.6 is 11.8 Å². The third kappa shape index (κ3) is 3.07. The Bertz CT molecular complexity index is 557. The Labute approximate surface area is 121 Å². The van der Waals surface area contributed by atoms with Crippen molar-refractivity contribution >= 4 is 17.7 Å². The summed E-state index contributed by atoms with van der Waals surface area (Å²) >= 11 is 1.62. The summed E-state index contributed by atoms with van der Waals surface area (Å²) in [6, 6.07) is 1.84. The van der Waals surface area contributed by atoms with Crippen LogP contribution < -0.4 is 5.32 Å². The van der Waals surface area contributed by atoms with Crippen LogP contribution in [-0.2, 0) is 4.74 Å². The summed E-state index contributed by atoms with van der Waals surface area (Å²) in [4.78, 5) is 13.3. The van der Waals surface area contributed by atoms with Crippen molar-refractivity contribution in [3.05, 3.63) is 18.5 Å². The lowest BCUT2D eigenvalue weighted by molar-refractivity contribution is 0.0454. The third-order valence-electron chi connectivity index (χ3n) is 2.73. The van der Waals surface area contributed by atoms with Gasteiger partial charge in [0.2, 0.25) is 5.95 Å². The average Bonchev–Trinajstić information content (AvgIpc) is 2.94. The van der Waals surface area contributed by atoms with Crippen molar-refractivity contribution in [1.29, 1.82) is 0 Å². The Hall–Kier alpha value is -1.67. The van der Waals surface area contributed by atoms with E-state index >= 15 is 0 Å². The molecule has 3 rings (SSSR count). The quantitative estimate of drug-likeness (QED) is 0.861. The van der Waals surface area contributed by atoms with Gasteiger partial charge in [-0.3, -0.25) is 0 Å². The van der Waals surface area contributed by atoms with Crippen LogP contribution in [0.3, 0.4) is 0 Å². The highest BCUT2D eigenvalue weighted by Crippen LogP contribution is 2.26. The first-order valence-corrected chi connectivity index (χ1v) is 7.47. The lowest BCUT2D eigenvalue weighted by atomic mass is 10.4. The van der Waals surface area contributed by atoms with Gasteiger partial charge in [0, 0.05) is 18.9 Å². The first-order valence-electron chi connectivity index (χ1n) is 6.59. The molecule has 3 heterocycles. The van der Waals surface area contributed by atoms with Gasteiger partial charge in [0.25, 0.3) is 5.95 Å². The molecule has 1 aliphatic rings. The fraction of sp³-hybridized carbons (Fsp3) is 0.500. The molecule has 1 aliphatic heterocycles. The van der Waals surface area contributed by atoms with Crippen LogP contribution in [0.2, 0.25) is 0 Å². The van der Waals surface area contributed by atoms with E-state index in [0.717, 1.165) is 26.2 Å². The summed E-state index contributed by atoms with van der Waals surface area (Å²) < 4.78 is 6.82. The number of nitrogens with one attached hydrogen (secondary N) is 1. The molecule has 8 heteroatoms. The van der Waals surface area contributed by atoms with Crippen LogP contribution in [0.5, 0.6) is 0 Å². The van der Waals surface area contributed by atoms with Crippen LogP contribution in [0.25, 0.3) is 5.95 Å². The maximum atomic E-state index is 5.18. The Morgan fingerprint density at radius 2 is 2.30 bits per heavy atom. The Morgan fingerprint density at radius 3 is 2.95 bits per heavy atom. The number of anilines is 1. The zero-order chi connectivity index (χ0) is 13.8. The number of rotatable bonds is 6. The van der Waals surface area contributed by atoms with Crippen LogP contribution in [0.4, 0.5) is 5.95 Å². The summed E-state index contributed by atoms with van der Waals surface area (Å²) in [5.41, 5.74) is 0. The molecule has 1 N–H and O–H groups in total. The van der Waals surface area contributed by atoms with Crippen molar-refractivity contribution in [3.8, 4) is 5.95 Å². The van der Waals surface area contributed by atoms with Crippen molar-refractivity contribution in [2.45, 2.75) is 23.8 Å². The molecular formula is C12H16N6OS. The second kappa shape index (κ2) is 6.19. The van der Waals surface area contributed by atoms with Gasteiger partial charge in [0.15, 0.2) is 5.16 Å². The number of nitrogens with zero attached hydrogens (tertiary/aromatic N) is 5. The summed E-state index contributed by atoms with van der Waals surface area (Å²) in [6.07, 6.45) is 4.54. The monoisotopic (exact) mass is 292 g/mol. The summed E-state index contributed by atoms with van der Waals surface area (Å²) in [5, 5.41) is 8.50. The smallest absolute Gasteiger partial charge is 0.256 e. The lowest BCUT2D eigenvalue weighted by Crippen LogP contribution is -2.30. The SMILES string of the molecule is CCCNc1nc(SC2COC2)nc(-n2cccn2)n1. The molecule has 0 amide bonds. The first-order chi connectivity index (χ1) is 9.85. The maximum absolute atomic E-state index is 5.18. The molecule has 1 saturated heterocycles.